The first-order valence-electron chi connectivity index (χ1n) is 10.4. The Balaban J connectivity index is 0.000000310. The summed E-state index contributed by atoms with van der Waals surface area (Å²) in [5, 5.41) is 18.9. The molecular weight excluding hydrogens is 378 g/mol. The lowest BCUT2D eigenvalue weighted by Gasteiger charge is -2.38. The number of allylic oxidation sites excluding steroid dienone is 2. The van der Waals surface area contributed by atoms with Crippen LogP contribution < -0.4 is 0 Å². The fourth-order valence-electron chi connectivity index (χ4n) is 4.35. The first-order chi connectivity index (χ1) is 14.2. The van der Waals surface area contributed by atoms with Crippen LogP contribution in [0.25, 0.3) is 0 Å². The number of rotatable bonds is 1. The zero-order valence-corrected chi connectivity index (χ0v) is 17.8. The number of aromatic nitrogens is 1. The van der Waals surface area contributed by atoms with Crippen molar-refractivity contribution in [1.82, 2.24) is 4.98 Å². The van der Waals surface area contributed by atoms with Gasteiger partial charge in [-0.25, -0.2) is 0 Å². The van der Waals surface area contributed by atoms with Crippen LogP contribution in [0.5, 0.6) is 5.75 Å². The number of nitrogens with zero attached hydrogens (tertiary/aromatic N) is 1. The lowest BCUT2D eigenvalue weighted by molar-refractivity contribution is 0.0903. The van der Waals surface area contributed by atoms with E-state index in [4.69, 9.17) is 5.11 Å². The van der Waals surface area contributed by atoms with Crippen molar-refractivity contribution in [2.75, 3.05) is 0 Å². The summed E-state index contributed by atoms with van der Waals surface area (Å²) in [4.78, 5) is 28.8. The van der Waals surface area contributed by atoms with Crippen LogP contribution in [0.4, 0.5) is 0 Å². The second kappa shape index (κ2) is 8.82. The molecule has 30 heavy (non-hydrogen) atoms. The summed E-state index contributed by atoms with van der Waals surface area (Å²) in [6, 6.07) is 9.83. The van der Waals surface area contributed by atoms with Gasteiger partial charge in [0.05, 0.1) is 0 Å². The molecule has 1 heterocycles. The minimum absolute atomic E-state index is 0.00148. The predicted molar refractivity (Wildman–Crippen MR) is 116 cm³/mol. The van der Waals surface area contributed by atoms with Gasteiger partial charge in [-0.05, 0) is 55.1 Å². The van der Waals surface area contributed by atoms with Gasteiger partial charge in [0.2, 0.25) is 5.78 Å². The van der Waals surface area contributed by atoms with E-state index >= 15 is 0 Å². The third-order valence-corrected chi connectivity index (χ3v) is 6.15. The lowest BCUT2D eigenvalue weighted by atomic mass is 9.67. The number of carbonyl (C=O) groups is 2. The van der Waals surface area contributed by atoms with Crippen LogP contribution in [0, 0.1) is 17.3 Å². The summed E-state index contributed by atoms with van der Waals surface area (Å²) in [6.45, 7) is 6.75. The number of benzene rings is 1. The zero-order valence-electron chi connectivity index (χ0n) is 17.8. The topological polar surface area (TPSA) is 87.5 Å². The third kappa shape index (κ3) is 4.61. The number of carbonyl (C=O) groups excluding carboxylic acids is 2. The van der Waals surface area contributed by atoms with E-state index in [9.17, 15) is 14.7 Å². The van der Waals surface area contributed by atoms with E-state index in [-0.39, 0.29) is 28.6 Å². The second-order valence-corrected chi connectivity index (χ2v) is 9.09. The molecule has 1 aromatic heterocycles. The molecule has 1 aromatic carbocycles. The molecule has 2 N–H and O–H groups in total. The number of fused-ring (bicyclic) bond motifs is 1. The maximum Gasteiger partial charge on any atom is 0.228 e. The maximum atomic E-state index is 12.8. The van der Waals surface area contributed by atoms with Crippen molar-refractivity contribution < 1.29 is 19.8 Å². The molecule has 0 spiro atoms. The Bertz CT molecular complexity index is 949. The van der Waals surface area contributed by atoms with Crippen LogP contribution >= 0.6 is 0 Å². The van der Waals surface area contributed by atoms with Crippen molar-refractivity contribution >= 4 is 11.6 Å². The lowest BCUT2D eigenvalue weighted by Crippen LogP contribution is -2.31. The molecule has 5 heteroatoms. The Labute approximate surface area is 177 Å². The van der Waals surface area contributed by atoms with Crippen LogP contribution in [0.3, 0.4) is 0 Å². The van der Waals surface area contributed by atoms with Gasteiger partial charge in [0.25, 0.3) is 0 Å². The molecule has 4 rings (SSSR count). The molecule has 0 bridgehead atoms. The molecule has 0 radical (unpaired) electrons. The Morgan fingerprint density at radius 1 is 0.833 bits per heavy atom. The van der Waals surface area contributed by atoms with E-state index in [1.165, 1.54) is 24.5 Å². The van der Waals surface area contributed by atoms with E-state index in [1.807, 2.05) is 0 Å². The van der Waals surface area contributed by atoms with Crippen molar-refractivity contribution in [2.24, 2.45) is 17.3 Å². The van der Waals surface area contributed by atoms with Gasteiger partial charge in [0, 0.05) is 29.1 Å². The molecule has 2 aromatic rings. The monoisotopic (exact) mass is 407 g/mol. The van der Waals surface area contributed by atoms with Crippen LogP contribution in [0.1, 0.15) is 67.2 Å². The standard InChI is InChI=1S/C20H24O3.C5H5NO/c1-20(2,3)13-10-8-12(9-11-13)16-17(21)14-6-4-5-7-15(14)18(22)19(16)23;7-5-1-3-6-4-2-5/h4-7,12-13,23H,8-11H2,1-3H3;1-4H,(H,6,7). The van der Waals surface area contributed by atoms with Crippen molar-refractivity contribution in [2.45, 2.75) is 46.5 Å². The highest BCUT2D eigenvalue weighted by molar-refractivity contribution is 6.26. The third-order valence-electron chi connectivity index (χ3n) is 6.15. The summed E-state index contributed by atoms with van der Waals surface area (Å²) in [5.74, 6) is -0.0189. The van der Waals surface area contributed by atoms with Crippen molar-refractivity contribution in [1.29, 1.82) is 0 Å². The fourth-order valence-corrected chi connectivity index (χ4v) is 4.35. The average Bonchev–Trinajstić information content (AvgIpc) is 2.73. The average molecular weight is 408 g/mol. The largest absolute Gasteiger partial charge is 0.508 e. The number of aliphatic hydroxyl groups excluding tert-OH is 1. The Morgan fingerprint density at radius 3 is 1.83 bits per heavy atom. The van der Waals surface area contributed by atoms with Gasteiger partial charge in [0.15, 0.2) is 11.5 Å². The van der Waals surface area contributed by atoms with Crippen LogP contribution in [0.15, 0.2) is 60.1 Å². The van der Waals surface area contributed by atoms with Gasteiger partial charge in [-0.2, -0.15) is 0 Å². The first-order valence-corrected chi connectivity index (χ1v) is 10.4. The summed E-state index contributed by atoms with van der Waals surface area (Å²) in [6.07, 6.45) is 6.87. The number of pyridine rings is 1. The van der Waals surface area contributed by atoms with Gasteiger partial charge >= 0.3 is 0 Å². The smallest absolute Gasteiger partial charge is 0.228 e. The SMILES string of the molecule is CC(C)(C)C1CCC(C2=C(O)C(=O)c3ccccc3C2=O)CC1.Oc1ccncc1. The molecule has 5 nitrogen and oxygen atoms in total. The quantitative estimate of drug-likeness (QED) is 0.650. The van der Waals surface area contributed by atoms with E-state index < -0.39 is 5.78 Å². The van der Waals surface area contributed by atoms with Gasteiger partial charge in [-0.15, -0.1) is 0 Å². The number of aromatic hydroxyl groups is 1. The highest BCUT2D eigenvalue weighted by Crippen LogP contribution is 2.43. The molecule has 2 aliphatic carbocycles. The maximum absolute atomic E-state index is 12.8. The number of hydrogen-bond acceptors (Lipinski definition) is 5. The van der Waals surface area contributed by atoms with Crippen molar-refractivity contribution in [3.63, 3.8) is 0 Å². The normalized spacial score (nSPS) is 21.6. The molecule has 158 valence electrons. The molecule has 0 atom stereocenters. The molecule has 1 saturated carbocycles. The van der Waals surface area contributed by atoms with Crippen LogP contribution in [0.2, 0.25) is 0 Å². The molecule has 0 aliphatic heterocycles. The molecule has 2 aliphatic rings. The zero-order chi connectivity index (χ0) is 21.9. The van der Waals surface area contributed by atoms with Gasteiger partial charge < -0.3 is 10.2 Å². The van der Waals surface area contributed by atoms with E-state index in [0.717, 1.165) is 25.7 Å². The summed E-state index contributed by atoms with van der Waals surface area (Å²) < 4.78 is 0. The van der Waals surface area contributed by atoms with Gasteiger partial charge in [0.1, 0.15) is 5.75 Å². The van der Waals surface area contributed by atoms with Gasteiger partial charge in [-0.3, -0.25) is 14.6 Å². The van der Waals surface area contributed by atoms with E-state index in [2.05, 4.69) is 25.8 Å². The molecule has 0 unspecified atom stereocenters. The van der Waals surface area contributed by atoms with Crippen molar-refractivity contribution in [3.05, 3.63) is 71.3 Å². The molecule has 0 saturated heterocycles. The van der Waals surface area contributed by atoms with Crippen LogP contribution in [-0.2, 0) is 0 Å². The second-order valence-electron chi connectivity index (χ2n) is 9.09. The number of Topliss-reactive ketones (excluding diaryl/α,β-unsaturated/α-hetero) is 2. The summed E-state index contributed by atoms with van der Waals surface area (Å²) in [5.41, 5.74) is 1.37. The van der Waals surface area contributed by atoms with Crippen LogP contribution in [-0.4, -0.2) is 26.8 Å². The minimum atomic E-state index is -0.409. The Morgan fingerprint density at radius 2 is 1.37 bits per heavy atom. The highest BCUT2D eigenvalue weighted by Gasteiger charge is 2.39. The first kappa shape index (κ1) is 21.8. The van der Waals surface area contributed by atoms with Crippen molar-refractivity contribution in [3.8, 4) is 5.75 Å². The Kier molecular flexibility index (Phi) is 6.40. The summed E-state index contributed by atoms with van der Waals surface area (Å²) >= 11 is 0. The number of hydrogen-bond donors (Lipinski definition) is 2. The Hall–Kier alpha value is -2.95. The highest BCUT2D eigenvalue weighted by atomic mass is 16.3. The predicted octanol–water partition coefficient (Wildman–Crippen LogP) is 5.52. The van der Waals surface area contributed by atoms with E-state index in [0.29, 0.717) is 22.6 Å². The molecular formula is C25H29NO4. The molecule has 1 fully saturated rings. The minimum Gasteiger partial charge on any atom is -0.508 e. The number of ketones is 2. The molecule has 0 amide bonds. The number of aliphatic hydroxyl groups is 1. The van der Waals surface area contributed by atoms with E-state index in [1.54, 1.807) is 24.3 Å². The summed E-state index contributed by atoms with van der Waals surface area (Å²) in [7, 11) is 0. The van der Waals surface area contributed by atoms with Gasteiger partial charge in [-0.1, -0.05) is 45.0 Å². The fraction of sp³-hybridized carbons (Fsp3) is 0.400.